The number of rotatable bonds is 3. The summed E-state index contributed by atoms with van der Waals surface area (Å²) in [6.45, 7) is 2.01. The van der Waals surface area contributed by atoms with Crippen LogP contribution in [0.3, 0.4) is 0 Å². The van der Waals surface area contributed by atoms with E-state index in [0.29, 0.717) is 6.61 Å². The molecule has 2 aromatic carbocycles. The number of hydrogen-bond acceptors (Lipinski definition) is 3. The maximum Gasteiger partial charge on any atom is 0.408 e. The number of benzene rings is 2. The van der Waals surface area contributed by atoms with Crippen LogP contribution in [0.25, 0.3) is 11.1 Å². The third kappa shape index (κ3) is 2.62. The number of nitrogens with two attached hydrogens (primary N) is 1. The molecule has 0 saturated carbocycles. The van der Waals surface area contributed by atoms with E-state index < -0.39 is 12.3 Å². The Bertz CT molecular complexity index is 622. The van der Waals surface area contributed by atoms with Gasteiger partial charge in [0, 0.05) is 5.92 Å². The molecule has 1 aliphatic rings. The summed E-state index contributed by atoms with van der Waals surface area (Å²) in [5.74, 6) is 0.0798. The molecule has 4 heteroatoms. The zero-order valence-electron chi connectivity index (χ0n) is 11.9. The van der Waals surface area contributed by atoms with Crippen LogP contribution in [0.4, 0.5) is 4.79 Å². The van der Waals surface area contributed by atoms with Crippen molar-refractivity contribution in [3.05, 3.63) is 59.7 Å². The number of carbonyl (C=O) groups is 1. The van der Waals surface area contributed by atoms with Crippen LogP contribution in [0, 0.1) is 0 Å². The molecule has 1 amide bonds. The highest BCUT2D eigenvalue weighted by molar-refractivity contribution is 5.79. The van der Waals surface area contributed by atoms with Crippen molar-refractivity contribution in [2.24, 2.45) is 5.73 Å². The Kier molecular flexibility index (Phi) is 3.62. The van der Waals surface area contributed by atoms with Crippen LogP contribution in [0.1, 0.15) is 24.0 Å². The summed E-state index contributed by atoms with van der Waals surface area (Å²) >= 11 is 0. The Balaban J connectivity index is 1.84. The second-order valence-electron chi connectivity index (χ2n) is 5.26. The molecule has 0 saturated heterocycles. The third-order valence-electron chi connectivity index (χ3n) is 3.69. The molecule has 1 atom stereocenters. The molecule has 1 aliphatic carbocycles. The quantitative estimate of drug-likeness (QED) is 0.851. The predicted molar refractivity (Wildman–Crippen MR) is 81.9 cm³/mol. The molecular weight excluding hydrogens is 264 g/mol. The number of amides is 1. The fraction of sp³-hybridized carbons (Fsp3) is 0.235. The van der Waals surface area contributed by atoms with Crippen LogP contribution in [0.15, 0.2) is 48.5 Å². The molecule has 0 aliphatic heterocycles. The maximum atomic E-state index is 11.6. The van der Waals surface area contributed by atoms with E-state index in [2.05, 4.69) is 29.6 Å². The van der Waals surface area contributed by atoms with E-state index in [0.717, 1.165) is 0 Å². The highest BCUT2D eigenvalue weighted by Crippen LogP contribution is 2.44. The van der Waals surface area contributed by atoms with Crippen molar-refractivity contribution in [3.63, 3.8) is 0 Å². The van der Waals surface area contributed by atoms with E-state index in [9.17, 15) is 4.79 Å². The SMILES string of the molecule is CC(N)NC(=O)OCC1c2ccccc2-c2ccccc21. The average molecular weight is 282 g/mol. The van der Waals surface area contributed by atoms with Crippen LogP contribution in [-0.2, 0) is 4.74 Å². The Labute approximate surface area is 123 Å². The molecule has 108 valence electrons. The van der Waals surface area contributed by atoms with Crippen molar-refractivity contribution in [1.82, 2.24) is 5.32 Å². The van der Waals surface area contributed by atoms with Crippen molar-refractivity contribution in [2.75, 3.05) is 6.61 Å². The fourth-order valence-corrected chi connectivity index (χ4v) is 2.83. The Morgan fingerprint density at radius 2 is 1.67 bits per heavy atom. The Hall–Kier alpha value is -2.33. The topological polar surface area (TPSA) is 64.3 Å². The molecular formula is C17H18N2O2. The van der Waals surface area contributed by atoms with Crippen molar-refractivity contribution in [3.8, 4) is 11.1 Å². The number of fused-ring (bicyclic) bond motifs is 3. The summed E-state index contributed by atoms with van der Waals surface area (Å²) in [5.41, 5.74) is 10.4. The zero-order valence-corrected chi connectivity index (χ0v) is 11.9. The van der Waals surface area contributed by atoms with Gasteiger partial charge < -0.3 is 15.8 Å². The summed E-state index contributed by atoms with van der Waals surface area (Å²) in [7, 11) is 0. The molecule has 2 aromatic rings. The Morgan fingerprint density at radius 3 is 2.19 bits per heavy atom. The number of hydrogen-bond donors (Lipinski definition) is 2. The zero-order chi connectivity index (χ0) is 14.8. The lowest BCUT2D eigenvalue weighted by Crippen LogP contribution is -2.39. The van der Waals surface area contributed by atoms with Crippen LogP contribution in [-0.4, -0.2) is 18.9 Å². The lowest BCUT2D eigenvalue weighted by molar-refractivity contribution is 0.140. The maximum absolute atomic E-state index is 11.6. The van der Waals surface area contributed by atoms with Gasteiger partial charge in [0.25, 0.3) is 0 Å². The Morgan fingerprint density at radius 1 is 1.14 bits per heavy atom. The molecule has 0 bridgehead atoms. The molecule has 3 rings (SSSR count). The van der Waals surface area contributed by atoms with E-state index in [1.165, 1.54) is 22.3 Å². The average Bonchev–Trinajstić information content (AvgIpc) is 2.79. The van der Waals surface area contributed by atoms with Gasteiger partial charge in [0.2, 0.25) is 0 Å². The number of alkyl carbamates (subject to hydrolysis) is 1. The van der Waals surface area contributed by atoms with E-state index in [1.807, 2.05) is 24.3 Å². The van der Waals surface area contributed by atoms with Gasteiger partial charge in [-0.05, 0) is 29.2 Å². The normalized spacial score (nSPS) is 14.2. The molecule has 3 N–H and O–H groups in total. The molecule has 0 fully saturated rings. The minimum Gasteiger partial charge on any atom is -0.449 e. The molecule has 0 spiro atoms. The number of ether oxygens (including phenoxy) is 1. The lowest BCUT2D eigenvalue weighted by Gasteiger charge is -2.15. The van der Waals surface area contributed by atoms with Crippen LogP contribution >= 0.6 is 0 Å². The van der Waals surface area contributed by atoms with Crippen molar-refractivity contribution < 1.29 is 9.53 Å². The summed E-state index contributed by atoms with van der Waals surface area (Å²) in [6, 6.07) is 16.5. The predicted octanol–water partition coefficient (Wildman–Crippen LogP) is 2.83. The first-order valence-electron chi connectivity index (χ1n) is 7.04. The van der Waals surface area contributed by atoms with Crippen molar-refractivity contribution >= 4 is 6.09 Å². The monoisotopic (exact) mass is 282 g/mol. The molecule has 0 aromatic heterocycles. The van der Waals surface area contributed by atoms with E-state index in [-0.39, 0.29) is 5.92 Å². The summed E-state index contributed by atoms with van der Waals surface area (Å²) in [5, 5.41) is 2.53. The highest BCUT2D eigenvalue weighted by atomic mass is 16.5. The van der Waals surface area contributed by atoms with Crippen molar-refractivity contribution in [2.45, 2.75) is 19.0 Å². The van der Waals surface area contributed by atoms with E-state index in [1.54, 1.807) is 6.92 Å². The van der Waals surface area contributed by atoms with Crippen LogP contribution in [0.2, 0.25) is 0 Å². The molecule has 1 unspecified atom stereocenters. The fourth-order valence-electron chi connectivity index (χ4n) is 2.83. The first kappa shape index (κ1) is 13.6. The first-order valence-corrected chi connectivity index (χ1v) is 7.04. The molecule has 0 heterocycles. The highest BCUT2D eigenvalue weighted by Gasteiger charge is 2.28. The van der Waals surface area contributed by atoms with Gasteiger partial charge in [-0.15, -0.1) is 0 Å². The summed E-state index contributed by atoms with van der Waals surface area (Å²) < 4.78 is 5.32. The first-order chi connectivity index (χ1) is 10.2. The lowest BCUT2D eigenvalue weighted by atomic mass is 9.98. The second-order valence-corrected chi connectivity index (χ2v) is 5.26. The van der Waals surface area contributed by atoms with Gasteiger partial charge in [-0.1, -0.05) is 48.5 Å². The van der Waals surface area contributed by atoms with Gasteiger partial charge >= 0.3 is 6.09 Å². The largest absolute Gasteiger partial charge is 0.449 e. The standard InChI is InChI=1S/C17H18N2O2/c1-11(18)19-17(20)21-10-16-14-8-4-2-6-12(14)13-7-3-5-9-15(13)16/h2-9,11,16H,10,18H2,1H3,(H,19,20). The van der Waals surface area contributed by atoms with Gasteiger partial charge in [-0.2, -0.15) is 0 Å². The van der Waals surface area contributed by atoms with Gasteiger partial charge in [-0.3, -0.25) is 0 Å². The summed E-state index contributed by atoms with van der Waals surface area (Å²) in [4.78, 5) is 11.6. The van der Waals surface area contributed by atoms with Gasteiger partial charge in [0.1, 0.15) is 6.61 Å². The minimum absolute atomic E-state index is 0.0798. The second kappa shape index (κ2) is 5.58. The number of nitrogens with one attached hydrogen (secondary N) is 1. The van der Waals surface area contributed by atoms with Crippen molar-refractivity contribution in [1.29, 1.82) is 0 Å². The number of carbonyl (C=O) groups excluding carboxylic acids is 1. The third-order valence-corrected chi connectivity index (χ3v) is 3.69. The van der Waals surface area contributed by atoms with Gasteiger partial charge in [0.15, 0.2) is 0 Å². The van der Waals surface area contributed by atoms with E-state index >= 15 is 0 Å². The van der Waals surface area contributed by atoms with Crippen LogP contribution in [0.5, 0.6) is 0 Å². The van der Waals surface area contributed by atoms with Gasteiger partial charge in [-0.25, -0.2) is 4.79 Å². The summed E-state index contributed by atoms with van der Waals surface area (Å²) in [6.07, 6.45) is -0.896. The smallest absolute Gasteiger partial charge is 0.408 e. The molecule has 0 radical (unpaired) electrons. The molecule has 4 nitrogen and oxygen atoms in total. The van der Waals surface area contributed by atoms with E-state index in [4.69, 9.17) is 10.5 Å². The van der Waals surface area contributed by atoms with Gasteiger partial charge in [0.05, 0.1) is 6.17 Å². The minimum atomic E-state index is -0.480. The molecule has 21 heavy (non-hydrogen) atoms. The van der Waals surface area contributed by atoms with Crippen LogP contribution < -0.4 is 11.1 Å².